The van der Waals surface area contributed by atoms with Crippen molar-refractivity contribution in [2.24, 2.45) is 0 Å². The fourth-order valence-electron chi connectivity index (χ4n) is 14.5. The minimum absolute atomic E-state index is 0.178. The molecule has 670 valence electrons. The zero-order chi connectivity index (χ0) is 84.5. The first-order valence-electron chi connectivity index (χ1n) is 46.2. The summed E-state index contributed by atoms with van der Waals surface area (Å²) in [6.07, 6.45) is 85.4. The molecule has 117 heavy (non-hydrogen) atoms. The molecule has 19 nitrogen and oxygen atoms in total. The summed E-state index contributed by atoms with van der Waals surface area (Å²) >= 11 is 0. The molecule has 12 N–H and O–H groups in total. The summed E-state index contributed by atoms with van der Waals surface area (Å²) in [5, 5.41) is 121. The van der Waals surface area contributed by atoms with Crippen LogP contribution in [0.3, 0.4) is 0 Å². The van der Waals surface area contributed by atoms with Gasteiger partial charge in [-0.1, -0.05) is 364 Å². The van der Waals surface area contributed by atoms with Crippen LogP contribution in [0.2, 0.25) is 0 Å². The second kappa shape index (κ2) is 75.2. The van der Waals surface area contributed by atoms with E-state index in [0.717, 1.165) is 116 Å². The number of aliphatic hydroxyl groups is 11. The number of nitrogens with one attached hydrogen (secondary N) is 1. The number of allylic oxidation sites excluding steroid dienone is 25. The van der Waals surface area contributed by atoms with Crippen LogP contribution in [0.1, 0.15) is 322 Å². The van der Waals surface area contributed by atoms with Crippen LogP contribution in [-0.2, 0) is 33.2 Å². The van der Waals surface area contributed by atoms with Crippen molar-refractivity contribution in [3.05, 3.63) is 158 Å². The number of aliphatic hydroxyl groups excluding tert-OH is 11. The average Bonchev–Trinajstić information content (AvgIpc) is 0.777. The number of hydrogen-bond acceptors (Lipinski definition) is 18. The van der Waals surface area contributed by atoms with E-state index in [1.807, 2.05) is 6.08 Å². The van der Waals surface area contributed by atoms with Crippen LogP contribution in [0, 0.1) is 0 Å². The van der Waals surface area contributed by atoms with Crippen LogP contribution >= 0.6 is 0 Å². The highest BCUT2D eigenvalue weighted by atomic mass is 16.8. The van der Waals surface area contributed by atoms with Crippen molar-refractivity contribution in [2.75, 3.05) is 26.4 Å². The minimum Gasteiger partial charge on any atom is -0.394 e. The Morgan fingerprint density at radius 3 is 0.923 bits per heavy atom. The van der Waals surface area contributed by atoms with Crippen molar-refractivity contribution in [3.63, 3.8) is 0 Å². The SMILES string of the molecule is CC/C=C\C/C=C\C/C=C\C/C=C\C/C=C\C/C=C\C/C=C\C/C=C\C/C=C\C/C=C\C/C=C\C/C=C\CCCCC(=O)NC(COC1OC(CO)C(OC2OC(CO)C(OC3OC(CO)C(O)C(O)C3O)C(O)C2O)C(O)C1O)C(O)/C=C/CCCCCCCCCCCCCCCCCCCCCCCCCCCCCCCCC. The van der Waals surface area contributed by atoms with E-state index in [9.17, 15) is 61.0 Å². The summed E-state index contributed by atoms with van der Waals surface area (Å²) in [4.78, 5) is 13.5. The molecule has 0 radical (unpaired) electrons. The van der Waals surface area contributed by atoms with Crippen LogP contribution in [-0.4, -0.2) is 193 Å². The maximum absolute atomic E-state index is 13.5. The van der Waals surface area contributed by atoms with Gasteiger partial charge in [0, 0.05) is 6.42 Å². The summed E-state index contributed by atoms with van der Waals surface area (Å²) in [5.74, 6) is -0.320. The Bertz CT molecular complexity index is 2730. The number of ether oxygens (including phenoxy) is 6. The lowest BCUT2D eigenvalue weighted by molar-refractivity contribution is -0.379. The van der Waals surface area contributed by atoms with Gasteiger partial charge in [-0.05, 0) is 109 Å². The minimum atomic E-state index is -1.99. The number of amides is 1. The summed E-state index contributed by atoms with van der Waals surface area (Å²) in [6.45, 7) is 1.61. The lowest BCUT2D eigenvalue weighted by Crippen LogP contribution is -2.66. The molecular weight excluding hydrogens is 1480 g/mol. The molecule has 3 fully saturated rings. The van der Waals surface area contributed by atoms with Gasteiger partial charge in [0.15, 0.2) is 18.9 Å². The van der Waals surface area contributed by atoms with E-state index >= 15 is 0 Å². The molecule has 3 rings (SSSR count). The van der Waals surface area contributed by atoms with Gasteiger partial charge in [-0.25, -0.2) is 0 Å². The van der Waals surface area contributed by atoms with Crippen molar-refractivity contribution in [2.45, 2.75) is 426 Å². The van der Waals surface area contributed by atoms with Crippen LogP contribution in [0.4, 0.5) is 0 Å². The number of carbonyl (C=O) groups is 1. The molecule has 0 aromatic rings. The Kier molecular flexibility index (Phi) is 68.5. The average molecular weight is 1650 g/mol. The molecule has 3 aliphatic heterocycles. The zero-order valence-electron chi connectivity index (χ0n) is 72.4. The lowest BCUT2D eigenvalue weighted by Gasteiger charge is -2.48. The van der Waals surface area contributed by atoms with E-state index < -0.39 is 124 Å². The zero-order valence-corrected chi connectivity index (χ0v) is 72.4. The molecule has 17 atom stereocenters. The Labute approximate surface area is 707 Å². The van der Waals surface area contributed by atoms with Gasteiger partial charge in [-0.3, -0.25) is 4.79 Å². The van der Waals surface area contributed by atoms with Gasteiger partial charge in [0.2, 0.25) is 5.91 Å². The van der Waals surface area contributed by atoms with Crippen LogP contribution < -0.4 is 5.32 Å². The van der Waals surface area contributed by atoms with Gasteiger partial charge in [0.25, 0.3) is 0 Å². The highest BCUT2D eigenvalue weighted by Gasteiger charge is 2.54. The molecule has 0 aromatic carbocycles. The van der Waals surface area contributed by atoms with E-state index in [4.69, 9.17) is 28.4 Å². The number of hydrogen-bond donors (Lipinski definition) is 12. The Morgan fingerprint density at radius 2 is 0.590 bits per heavy atom. The van der Waals surface area contributed by atoms with E-state index in [1.54, 1.807) is 6.08 Å². The number of carbonyl (C=O) groups excluding carboxylic acids is 1. The summed E-state index contributed by atoms with van der Waals surface area (Å²) < 4.78 is 34.5. The summed E-state index contributed by atoms with van der Waals surface area (Å²) in [6, 6.07) is -1.01. The predicted octanol–water partition coefficient (Wildman–Crippen LogP) is 18.3. The molecule has 0 bridgehead atoms. The summed E-state index contributed by atoms with van der Waals surface area (Å²) in [5.41, 5.74) is 0. The summed E-state index contributed by atoms with van der Waals surface area (Å²) in [7, 11) is 0. The molecule has 0 saturated carbocycles. The van der Waals surface area contributed by atoms with E-state index in [1.165, 1.54) is 180 Å². The Hall–Kier alpha value is -4.59. The quantitative estimate of drug-likeness (QED) is 0.0199. The third kappa shape index (κ3) is 53.1. The fraction of sp³-hybridized carbons (Fsp3) is 0.724. The third-order valence-electron chi connectivity index (χ3n) is 21.8. The van der Waals surface area contributed by atoms with Gasteiger partial charge >= 0.3 is 0 Å². The molecule has 0 aromatic heterocycles. The fourth-order valence-corrected chi connectivity index (χ4v) is 14.5. The van der Waals surface area contributed by atoms with Crippen molar-refractivity contribution >= 4 is 5.91 Å². The molecule has 3 saturated heterocycles. The van der Waals surface area contributed by atoms with Crippen molar-refractivity contribution in [1.82, 2.24) is 5.32 Å². The van der Waals surface area contributed by atoms with Gasteiger partial charge in [0.05, 0.1) is 38.6 Å². The standard InChI is InChI=1S/C98H165NO18/c1-3-5-7-9-11-13-15-17-19-21-23-25-27-29-31-33-35-37-38-39-40-41-42-44-46-48-50-52-54-56-58-60-62-64-66-68-70-72-74-76-86(104)99-81(82(103)75-73-71-69-67-65-63-61-59-57-55-53-51-49-47-45-43-36-34-32-30-28-26-24-22-20-18-16-14-12-10-8-6-4-2)80-112-96-92(110)89(107)94(84(78-101)114-96)117-98-93(111)90(108)95(85(79-102)115-98)116-97-91(109)88(106)87(105)83(77-100)113-97/h5,7,11,13,17,19,23,25,29,31,35,37,39-40,42,44,48,50,54,56,60,62,66,68,73,75,81-85,87-98,100-103,105-111H,3-4,6,8-10,12,14-16,18,20-22,24,26-28,30,32-34,36,38,41,43,45-47,49,51-53,55,57-59,61,63-65,67,69-72,74,76-80H2,1-2H3,(H,99,104)/b7-5-,13-11-,19-17-,25-23-,31-29-,37-35-,40-39-,44-42-,50-48-,56-54-,62-60-,68-66-,75-73+. The largest absolute Gasteiger partial charge is 0.394 e. The third-order valence-corrected chi connectivity index (χ3v) is 21.8. The van der Waals surface area contributed by atoms with E-state index in [0.29, 0.717) is 6.42 Å². The lowest BCUT2D eigenvalue weighted by atomic mass is 9.96. The van der Waals surface area contributed by atoms with Crippen LogP contribution in [0.15, 0.2) is 158 Å². The molecule has 0 spiro atoms. The van der Waals surface area contributed by atoms with E-state index in [2.05, 4.69) is 165 Å². The van der Waals surface area contributed by atoms with Gasteiger partial charge in [0.1, 0.15) is 73.2 Å². The monoisotopic (exact) mass is 1640 g/mol. The highest BCUT2D eigenvalue weighted by Crippen LogP contribution is 2.33. The van der Waals surface area contributed by atoms with Crippen molar-refractivity contribution < 1.29 is 89.4 Å². The molecule has 19 heteroatoms. The first-order valence-corrected chi connectivity index (χ1v) is 46.2. The normalized spacial score (nSPS) is 25.2. The van der Waals surface area contributed by atoms with Crippen molar-refractivity contribution in [1.29, 1.82) is 0 Å². The molecule has 0 aliphatic carbocycles. The molecule has 3 aliphatic rings. The molecular formula is C98H165NO18. The van der Waals surface area contributed by atoms with E-state index in [-0.39, 0.29) is 18.9 Å². The maximum atomic E-state index is 13.5. The number of rotatable bonds is 73. The molecule has 17 unspecified atom stereocenters. The molecule has 3 heterocycles. The van der Waals surface area contributed by atoms with Gasteiger partial charge in [-0.2, -0.15) is 0 Å². The van der Waals surface area contributed by atoms with Crippen molar-refractivity contribution in [3.8, 4) is 0 Å². The Morgan fingerprint density at radius 1 is 0.316 bits per heavy atom. The second-order valence-corrected chi connectivity index (χ2v) is 32.0. The maximum Gasteiger partial charge on any atom is 0.220 e. The first-order chi connectivity index (χ1) is 57.3. The van der Waals surface area contributed by atoms with Gasteiger partial charge in [-0.15, -0.1) is 0 Å². The van der Waals surface area contributed by atoms with Gasteiger partial charge < -0.3 is 89.9 Å². The smallest absolute Gasteiger partial charge is 0.220 e. The van der Waals surface area contributed by atoms with Crippen LogP contribution in [0.25, 0.3) is 0 Å². The molecule has 1 amide bonds. The predicted molar refractivity (Wildman–Crippen MR) is 475 cm³/mol. The van der Waals surface area contributed by atoms with Crippen LogP contribution in [0.5, 0.6) is 0 Å². The number of unbranched alkanes of at least 4 members (excludes halogenated alkanes) is 33. The first kappa shape index (κ1) is 107. The second-order valence-electron chi connectivity index (χ2n) is 32.0. The Balaban J connectivity index is 1.36. The highest BCUT2D eigenvalue weighted by molar-refractivity contribution is 5.76. The topological polar surface area (TPSA) is 307 Å².